The van der Waals surface area contributed by atoms with Crippen molar-refractivity contribution in [3.8, 4) is 5.75 Å². The highest BCUT2D eigenvalue weighted by molar-refractivity contribution is 5.87. The van der Waals surface area contributed by atoms with Crippen LogP contribution in [-0.4, -0.2) is 46.1 Å². The van der Waals surface area contributed by atoms with Crippen LogP contribution in [0.5, 0.6) is 5.75 Å². The van der Waals surface area contributed by atoms with E-state index in [0.717, 1.165) is 11.3 Å². The summed E-state index contributed by atoms with van der Waals surface area (Å²) in [4.78, 5) is 25.0. The molecule has 0 unspecified atom stereocenters. The summed E-state index contributed by atoms with van der Waals surface area (Å²) in [7, 11) is 0. The van der Waals surface area contributed by atoms with Gasteiger partial charge in [-0.2, -0.15) is 0 Å². The number of hydrogen-bond donors (Lipinski definition) is 2. The summed E-state index contributed by atoms with van der Waals surface area (Å²) in [5.41, 5.74) is 6.67. The summed E-state index contributed by atoms with van der Waals surface area (Å²) < 4.78 is 5.76. The van der Waals surface area contributed by atoms with Gasteiger partial charge in [0.15, 0.2) is 0 Å². The molecule has 1 aliphatic heterocycles. The molecule has 0 aliphatic carbocycles. The zero-order chi connectivity index (χ0) is 17.9. The van der Waals surface area contributed by atoms with Crippen LogP contribution in [0, 0.1) is 0 Å². The molecule has 2 rings (SSSR count). The average molecular weight is 334 g/mol. The number of carbonyl (C=O) groups excluding carboxylic acids is 1. The van der Waals surface area contributed by atoms with Gasteiger partial charge in [0.25, 0.3) is 0 Å². The standard InChI is InChI=1S/C18H26N2O4/c1-18(2,3)24-13-8-6-12(7-9-13)11-14(19)16(21)20-10-4-5-15(20)17(22)23/h6-9,14-15H,4-5,10-11,19H2,1-3H3,(H,22,23)/t14-,15-/m0/s1. The van der Waals surface area contributed by atoms with Gasteiger partial charge >= 0.3 is 5.97 Å². The lowest BCUT2D eigenvalue weighted by Crippen LogP contribution is -2.49. The number of carboxylic acids is 1. The highest BCUT2D eigenvalue weighted by Crippen LogP contribution is 2.21. The van der Waals surface area contributed by atoms with Crippen LogP contribution >= 0.6 is 0 Å². The van der Waals surface area contributed by atoms with Gasteiger partial charge in [-0.15, -0.1) is 0 Å². The molecule has 0 spiro atoms. The Morgan fingerprint density at radius 2 is 1.96 bits per heavy atom. The predicted octanol–water partition coefficient (Wildman–Crippen LogP) is 1.81. The second-order valence-electron chi connectivity index (χ2n) is 7.20. The van der Waals surface area contributed by atoms with Crippen molar-refractivity contribution < 1.29 is 19.4 Å². The molecule has 1 aliphatic rings. The highest BCUT2D eigenvalue weighted by atomic mass is 16.5. The zero-order valence-electron chi connectivity index (χ0n) is 14.5. The number of benzene rings is 1. The molecule has 6 heteroatoms. The SMILES string of the molecule is CC(C)(C)Oc1ccc(C[C@H](N)C(=O)N2CCC[C@H]2C(=O)O)cc1. The molecule has 3 N–H and O–H groups in total. The van der Waals surface area contributed by atoms with Gasteiger partial charge < -0.3 is 20.5 Å². The van der Waals surface area contributed by atoms with Crippen molar-refractivity contribution in [1.82, 2.24) is 4.90 Å². The van der Waals surface area contributed by atoms with E-state index in [1.807, 2.05) is 45.0 Å². The lowest BCUT2D eigenvalue weighted by Gasteiger charge is -2.25. The molecule has 132 valence electrons. The van der Waals surface area contributed by atoms with Crippen molar-refractivity contribution in [2.45, 2.75) is 57.7 Å². The van der Waals surface area contributed by atoms with E-state index >= 15 is 0 Å². The topological polar surface area (TPSA) is 92.9 Å². The van der Waals surface area contributed by atoms with Crippen molar-refractivity contribution >= 4 is 11.9 Å². The molecule has 6 nitrogen and oxygen atoms in total. The minimum absolute atomic E-state index is 0.268. The largest absolute Gasteiger partial charge is 0.488 e. The molecule has 1 fully saturated rings. The fourth-order valence-corrected chi connectivity index (χ4v) is 2.89. The number of nitrogens with two attached hydrogens (primary N) is 1. The Labute approximate surface area is 142 Å². The fraction of sp³-hybridized carbons (Fsp3) is 0.556. The molecule has 2 atom stereocenters. The summed E-state index contributed by atoms with van der Waals surface area (Å²) in [5, 5.41) is 9.18. The molecule has 1 aromatic rings. The molecule has 1 aromatic carbocycles. The van der Waals surface area contributed by atoms with Crippen molar-refractivity contribution in [3.63, 3.8) is 0 Å². The molecule has 0 aromatic heterocycles. The lowest BCUT2D eigenvalue weighted by atomic mass is 10.0. The average Bonchev–Trinajstić information content (AvgIpc) is 2.96. The number of ether oxygens (including phenoxy) is 1. The lowest BCUT2D eigenvalue weighted by molar-refractivity contribution is -0.148. The zero-order valence-corrected chi connectivity index (χ0v) is 14.5. The number of carbonyl (C=O) groups is 2. The van der Waals surface area contributed by atoms with E-state index in [0.29, 0.717) is 25.8 Å². The molecule has 0 saturated carbocycles. The first kappa shape index (κ1) is 18.3. The first-order valence-corrected chi connectivity index (χ1v) is 8.24. The third kappa shape index (κ3) is 4.71. The van der Waals surface area contributed by atoms with Crippen LogP contribution in [0.2, 0.25) is 0 Å². The normalized spacial score (nSPS) is 19.2. The van der Waals surface area contributed by atoms with E-state index in [2.05, 4.69) is 0 Å². The first-order valence-electron chi connectivity index (χ1n) is 8.24. The summed E-state index contributed by atoms with van der Waals surface area (Å²) >= 11 is 0. The van der Waals surface area contributed by atoms with Gasteiger partial charge in [-0.3, -0.25) is 4.79 Å². The van der Waals surface area contributed by atoms with Crippen molar-refractivity contribution in [3.05, 3.63) is 29.8 Å². The van der Waals surface area contributed by atoms with E-state index in [-0.39, 0.29) is 11.5 Å². The smallest absolute Gasteiger partial charge is 0.326 e. The Bertz CT molecular complexity index is 592. The highest BCUT2D eigenvalue weighted by Gasteiger charge is 2.35. The molecular formula is C18H26N2O4. The number of aliphatic carboxylic acids is 1. The summed E-state index contributed by atoms with van der Waals surface area (Å²) in [6.45, 7) is 6.39. The molecular weight excluding hydrogens is 308 g/mol. The number of rotatable bonds is 5. The van der Waals surface area contributed by atoms with Crippen molar-refractivity contribution in [2.75, 3.05) is 6.54 Å². The van der Waals surface area contributed by atoms with E-state index in [9.17, 15) is 14.7 Å². The minimum atomic E-state index is -0.961. The Balaban J connectivity index is 1.97. The minimum Gasteiger partial charge on any atom is -0.488 e. The van der Waals surface area contributed by atoms with Crippen molar-refractivity contribution in [1.29, 1.82) is 0 Å². The van der Waals surface area contributed by atoms with E-state index in [4.69, 9.17) is 10.5 Å². The van der Waals surface area contributed by atoms with E-state index in [1.54, 1.807) is 0 Å². The fourth-order valence-electron chi connectivity index (χ4n) is 2.89. The molecule has 0 bridgehead atoms. The molecule has 0 radical (unpaired) electrons. The molecule has 1 saturated heterocycles. The quantitative estimate of drug-likeness (QED) is 0.856. The third-order valence-electron chi connectivity index (χ3n) is 3.94. The van der Waals surface area contributed by atoms with Gasteiger partial charge in [-0.1, -0.05) is 12.1 Å². The molecule has 1 amide bonds. The van der Waals surface area contributed by atoms with E-state index < -0.39 is 18.1 Å². The maximum atomic E-state index is 12.4. The number of nitrogens with zero attached hydrogens (tertiary/aromatic N) is 1. The number of likely N-dealkylation sites (tertiary alicyclic amines) is 1. The summed E-state index contributed by atoms with van der Waals surface area (Å²) in [5.74, 6) is -0.497. The van der Waals surface area contributed by atoms with Gasteiger partial charge in [0.2, 0.25) is 5.91 Å². The Kier molecular flexibility index (Phi) is 5.49. The molecule has 24 heavy (non-hydrogen) atoms. The van der Waals surface area contributed by atoms with Crippen LogP contribution < -0.4 is 10.5 Å². The van der Waals surface area contributed by atoms with Crippen LogP contribution in [0.25, 0.3) is 0 Å². The van der Waals surface area contributed by atoms with Crippen molar-refractivity contribution in [2.24, 2.45) is 5.73 Å². The van der Waals surface area contributed by atoms with Crippen LogP contribution in [0.15, 0.2) is 24.3 Å². The third-order valence-corrected chi connectivity index (χ3v) is 3.94. The maximum absolute atomic E-state index is 12.4. The Morgan fingerprint density at radius 1 is 1.33 bits per heavy atom. The van der Waals surface area contributed by atoms with Gasteiger partial charge in [-0.25, -0.2) is 4.79 Å². The van der Waals surface area contributed by atoms with Crippen LogP contribution in [0.3, 0.4) is 0 Å². The van der Waals surface area contributed by atoms with Gasteiger partial charge in [0.1, 0.15) is 17.4 Å². The predicted molar refractivity (Wildman–Crippen MR) is 90.9 cm³/mol. The monoisotopic (exact) mass is 334 g/mol. The second kappa shape index (κ2) is 7.21. The first-order chi connectivity index (χ1) is 11.2. The Morgan fingerprint density at radius 3 is 2.50 bits per heavy atom. The van der Waals surface area contributed by atoms with E-state index in [1.165, 1.54) is 4.90 Å². The number of hydrogen-bond acceptors (Lipinski definition) is 4. The van der Waals surface area contributed by atoms with Gasteiger partial charge in [0.05, 0.1) is 6.04 Å². The van der Waals surface area contributed by atoms with Crippen LogP contribution in [0.4, 0.5) is 0 Å². The van der Waals surface area contributed by atoms with Crippen LogP contribution in [0.1, 0.15) is 39.2 Å². The summed E-state index contributed by atoms with van der Waals surface area (Å²) in [6.07, 6.45) is 1.57. The number of carboxylic acid groups (broad SMARTS) is 1. The number of amides is 1. The molecule has 1 heterocycles. The van der Waals surface area contributed by atoms with Gasteiger partial charge in [-0.05, 0) is 57.7 Å². The Hall–Kier alpha value is -2.08. The van der Waals surface area contributed by atoms with Crippen LogP contribution in [-0.2, 0) is 16.0 Å². The second-order valence-corrected chi connectivity index (χ2v) is 7.20. The maximum Gasteiger partial charge on any atom is 0.326 e. The van der Waals surface area contributed by atoms with Gasteiger partial charge in [0, 0.05) is 6.54 Å². The summed E-state index contributed by atoms with van der Waals surface area (Å²) in [6, 6.07) is 5.99.